The van der Waals surface area contributed by atoms with E-state index in [2.05, 4.69) is 10.6 Å². The average Bonchev–Trinajstić information content (AvgIpc) is 2.72. The van der Waals surface area contributed by atoms with Crippen LogP contribution < -0.4 is 15.4 Å². The Kier molecular flexibility index (Phi) is 7.22. The second kappa shape index (κ2) is 10.1. The zero-order chi connectivity index (χ0) is 19.8. The van der Waals surface area contributed by atoms with Gasteiger partial charge in [0.25, 0.3) is 0 Å². The second-order valence-electron chi connectivity index (χ2n) is 6.40. The van der Waals surface area contributed by atoms with Crippen LogP contribution in [0, 0.1) is 0 Å². The fraction of sp³-hybridized carbons (Fsp3) is 0.333. The molecule has 0 aromatic heterocycles. The lowest BCUT2D eigenvalue weighted by atomic mass is 10.1. The van der Waals surface area contributed by atoms with E-state index in [0.29, 0.717) is 44.4 Å². The molecule has 1 aliphatic rings. The standard InChI is InChI=1S/C21H25N3O3S/c1-2-27-19-9-7-18(8-10-19)23-21(28)22-17-5-3-16(4-6-17)15-20(25)24-11-13-26-14-12-24/h3-10H,2,11-15H2,1H3,(H2,22,23,28). The molecule has 0 unspecified atom stereocenters. The first-order chi connectivity index (χ1) is 13.6. The van der Waals surface area contributed by atoms with E-state index >= 15 is 0 Å². The molecule has 1 aliphatic heterocycles. The number of benzene rings is 2. The van der Waals surface area contributed by atoms with Gasteiger partial charge < -0.3 is 25.0 Å². The van der Waals surface area contributed by atoms with E-state index in [-0.39, 0.29) is 5.91 Å². The van der Waals surface area contributed by atoms with Crippen LogP contribution in [0.4, 0.5) is 11.4 Å². The number of morpholine rings is 1. The van der Waals surface area contributed by atoms with Crippen molar-refractivity contribution in [3.8, 4) is 5.75 Å². The summed E-state index contributed by atoms with van der Waals surface area (Å²) in [5.41, 5.74) is 2.73. The number of hydrogen-bond donors (Lipinski definition) is 2. The summed E-state index contributed by atoms with van der Waals surface area (Å²) in [5.74, 6) is 0.964. The lowest BCUT2D eigenvalue weighted by molar-refractivity contribution is -0.134. The first-order valence-corrected chi connectivity index (χ1v) is 9.80. The number of nitrogens with one attached hydrogen (secondary N) is 2. The molecule has 2 aromatic rings. The summed E-state index contributed by atoms with van der Waals surface area (Å²) in [6.45, 7) is 5.17. The molecular weight excluding hydrogens is 374 g/mol. The van der Waals surface area contributed by atoms with Crippen molar-refractivity contribution in [2.24, 2.45) is 0 Å². The molecule has 6 nitrogen and oxygen atoms in total. The smallest absolute Gasteiger partial charge is 0.227 e. The van der Waals surface area contributed by atoms with E-state index in [0.717, 1.165) is 22.7 Å². The topological polar surface area (TPSA) is 62.8 Å². The minimum atomic E-state index is 0.136. The maximum atomic E-state index is 12.3. The van der Waals surface area contributed by atoms with Crippen LogP contribution in [0.5, 0.6) is 5.75 Å². The Labute approximate surface area is 170 Å². The first kappa shape index (κ1) is 20.1. The number of nitrogens with zero attached hydrogens (tertiary/aromatic N) is 1. The van der Waals surface area contributed by atoms with Gasteiger partial charge in [-0.05, 0) is 61.1 Å². The molecule has 0 radical (unpaired) electrons. The van der Waals surface area contributed by atoms with Crippen molar-refractivity contribution < 1.29 is 14.3 Å². The van der Waals surface area contributed by atoms with Crippen molar-refractivity contribution in [1.29, 1.82) is 0 Å². The summed E-state index contributed by atoms with van der Waals surface area (Å²) < 4.78 is 10.7. The summed E-state index contributed by atoms with van der Waals surface area (Å²) in [7, 11) is 0. The number of amides is 1. The third-order valence-corrected chi connectivity index (χ3v) is 4.56. The van der Waals surface area contributed by atoms with Crippen LogP contribution in [0.2, 0.25) is 0 Å². The Balaban J connectivity index is 1.49. The van der Waals surface area contributed by atoms with Crippen LogP contribution >= 0.6 is 12.2 Å². The number of anilines is 2. The van der Waals surface area contributed by atoms with Crippen LogP contribution in [0.15, 0.2) is 48.5 Å². The Morgan fingerprint density at radius 3 is 2.18 bits per heavy atom. The number of ether oxygens (including phenoxy) is 2. The second-order valence-corrected chi connectivity index (χ2v) is 6.81. The van der Waals surface area contributed by atoms with Crippen LogP contribution in [0.3, 0.4) is 0 Å². The van der Waals surface area contributed by atoms with Crippen molar-refractivity contribution in [1.82, 2.24) is 4.90 Å². The molecule has 28 heavy (non-hydrogen) atoms. The zero-order valence-electron chi connectivity index (χ0n) is 15.9. The van der Waals surface area contributed by atoms with Crippen molar-refractivity contribution in [2.45, 2.75) is 13.3 Å². The van der Waals surface area contributed by atoms with Gasteiger partial charge in [-0.3, -0.25) is 4.79 Å². The number of thiocarbonyl (C=S) groups is 1. The van der Waals surface area contributed by atoms with Gasteiger partial charge in [0.05, 0.1) is 26.2 Å². The lowest BCUT2D eigenvalue weighted by Gasteiger charge is -2.26. The fourth-order valence-electron chi connectivity index (χ4n) is 2.90. The van der Waals surface area contributed by atoms with Crippen LogP contribution in [0.25, 0.3) is 0 Å². The lowest BCUT2D eigenvalue weighted by Crippen LogP contribution is -2.41. The predicted octanol–water partition coefficient (Wildman–Crippen LogP) is 3.30. The van der Waals surface area contributed by atoms with Gasteiger partial charge >= 0.3 is 0 Å². The normalized spacial score (nSPS) is 13.7. The van der Waals surface area contributed by atoms with E-state index in [1.807, 2.05) is 60.4 Å². The third kappa shape index (κ3) is 5.94. The average molecular weight is 400 g/mol. The molecule has 148 valence electrons. The molecule has 2 aromatic carbocycles. The van der Waals surface area contributed by atoms with Crippen LogP contribution in [0.1, 0.15) is 12.5 Å². The molecule has 0 aliphatic carbocycles. The van der Waals surface area contributed by atoms with Gasteiger partial charge in [0.2, 0.25) is 5.91 Å². The molecule has 3 rings (SSSR count). The SMILES string of the molecule is CCOc1ccc(NC(=S)Nc2ccc(CC(=O)N3CCOCC3)cc2)cc1. The van der Waals surface area contributed by atoms with E-state index in [4.69, 9.17) is 21.7 Å². The Hall–Kier alpha value is -2.64. The van der Waals surface area contributed by atoms with Crippen molar-refractivity contribution in [2.75, 3.05) is 43.5 Å². The quantitative estimate of drug-likeness (QED) is 0.727. The molecule has 1 fully saturated rings. The summed E-state index contributed by atoms with van der Waals surface area (Å²) in [6, 6.07) is 15.4. The summed E-state index contributed by atoms with van der Waals surface area (Å²) in [6.07, 6.45) is 0.398. The Bertz CT molecular complexity index is 788. The summed E-state index contributed by atoms with van der Waals surface area (Å²) >= 11 is 5.36. The third-order valence-electron chi connectivity index (χ3n) is 4.35. The molecule has 2 N–H and O–H groups in total. The van der Waals surface area contributed by atoms with Gasteiger partial charge in [0, 0.05) is 24.5 Å². The Morgan fingerprint density at radius 2 is 1.61 bits per heavy atom. The maximum Gasteiger partial charge on any atom is 0.227 e. The number of carbonyl (C=O) groups is 1. The molecule has 0 atom stereocenters. The number of carbonyl (C=O) groups excluding carboxylic acids is 1. The van der Waals surface area contributed by atoms with Gasteiger partial charge in [0.1, 0.15) is 5.75 Å². The molecule has 0 spiro atoms. The summed E-state index contributed by atoms with van der Waals surface area (Å²) in [5, 5.41) is 6.79. The van der Waals surface area contributed by atoms with Gasteiger partial charge in [-0.2, -0.15) is 0 Å². The minimum Gasteiger partial charge on any atom is -0.494 e. The highest BCUT2D eigenvalue weighted by Gasteiger charge is 2.16. The minimum absolute atomic E-state index is 0.136. The van der Waals surface area contributed by atoms with Crippen molar-refractivity contribution in [3.63, 3.8) is 0 Å². The highest BCUT2D eigenvalue weighted by molar-refractivity contribution is 7.80. The van der Waals surface area contributed by atoms with Crippen molar-refractivity contribution >= 4 is 34.6 Å². The van der Waals surface area contributed by atoms with E-state index in [1.165, 1.54) is 0 Å². The number of hydrogen-bond acceptors (Lipinski definition) is 4. The number of rotatable bonds is 6. The zero-order valence-corrected chi connectivity index (χ0v) is 16.8. The van der Waals surface area contributed by atoms with Crippen LogP contribution in [-0.4, -0.2) is 48.8 Å². The van der Waals surface area contributed by atoms with E-state index in [9.17, 15) is 4.79 Å². The highest BCUT2D eigenvalue weighted by Crippen LogP contribution is 2.17. The molecule has 0 bridgehead atoms. The van der Waals surface area contributed by atoms with Gasteiger partial charge in [-0.15, -0.1) is 0 Å². The molecule has 0 saturated carbocycles. The van der Waals surface area contributed by atoms with Gasteiger partial charge in [0.15, 0.2) is 5.11 Å². The first-order valence-electron chi connectivity index (χ1n) is 9.39. The van der Waals surface area contributed by atoms with Crippen LogP contribution in [-0.2, 0) is 16.0 Å². The maximum absolute atomic E-state index is 12.3. The Morgan fingerprint density at radius 1 is 1.04 bits per heavy atom. The van der Waals surface area contributed by atoms with E-state index in [1.54, 1.807) is 0 Å². The molecule has 1 saturated heterocycles. The molecule has 7 heteroatoms. The van der Waals surface area contributed by atoms with E-state index < -0.39 is 0 Å². The van der Waals surface area contributed by atoms with Gasteiger partial charge in [-0.1, -0.05) is 12.1 Å². The largest absolute Gasteiger partial charge is 0.494 e. The van der Waals surface area contributed by atoms with Crippen molar-refractivity contribution in [3.05, 3.63) is 54.1 Å². The predicted molar refractivity (Wildman–Crippen MR) is 115 cm³/mol. The highest BCUT2D eigenvalue weighted by atomic mass is 32.1. The molecule has 1 amide bonds. The van der Waals surface area contributed by atoms with Gasteiger partial charge in [-0.25, -0.2) is 0 Å². The monoisotopic (exact) mass is 399 g/mol. The summed E-state index contributed by atoms with van der Waals surface area (Å²) in [4.78, 5) is 14.2. The fourth-order valence-corrected chi connectivity index (χ4v) is 3.14. The molecule has 1 heterocycles. The molecular formula is C21H25N3O3S.